The smallest absolute Gasteiger partial charge is 0.322 e. The monoisotopic (exact) mass is 448 g/mol. The number of rotatable bonds is 7. The maximum atomic E-state index is 14.0. The van der Waals surface area contributed by atoms with Gasteiger partial charge < -0.3 is 15.0 Å². The van der Waals surface area contributed by atoms with Gasteiger partial charge in [0.05, 0.1) is 6.54 Å². The third-order valence-electron chi connectivity index (χ3n) is 7.91. The fourth-order valence-electron chi connectivity index (χ4n) is 6.19. The van der Waals surface area contributed by atoms with Gasteiger partial charge in [0.25, 0.3) is 0 Å². The van der Waals surface area contributed by atoms with Crippen LogP contribution >= 0.6 is 0 Å². The van der Waals surface area contributed by atoms with Crippen molar-refractivity contribution in [3.63, 3.8) is 0 Å². The Morgan fingerprint density at radius 1 is 0.909 bits per heavy atom. The lowest BCUT2D eigenvalue weighted by Crippen LogP contribution is -2.60. The van der Waals surface area contributed by atoms with Gasteiger partial charge in [-0.25, -0.2) is 4.79 Å². The van der Waals surface area contributed by atoms with E-state index in [2.05, 4.69) is 42.3 Å². The van der Waals surface area contributed by atoms with Crippen molar-refractivity contribution in [3.05, 3.63) is 59.7 Å². The largest absolute Gasteiger partial charge is 0.492 e. The Kier molecular flexibility index (Phi) is 7.95. The molecule has 0 unspecified atom stereocenters. The van der Waals surface area contributed by atoms with Crippen LogP contribution in [0.2, 0.25) is 0 Å². The molecule has 0 radical (unpaired) electrons. The molecule has 0 aromatic heterocycles. The first-order valence-electron chi connectivity index (χ1n) is 12.9. The zero-order valence-corrected chi connectivity index (χ0v) is 20.4. The van der Waals surface area contributed by atoms with Crippen molar-refractivity contribution < 1.29 is 9.53 Å². The van der Waals surface area contributed by atoms with Crippen LogP contribution in [-0.2, 0) is 0 Å². The van der Waals surface area contributed by atoms with E-state index >= 15 is 0 Å². The van der Waals surface area contributed by atoms with E-state index in [0.29, 0.717) is 19.1 Å². The molecule has 0 heterocycles. The van der Waals surface area contributed by atoms with Gasteiger partial charge in [-0.3, -0.25) is 0 Å². The van der Waals surface area contributed by atoms with Gasteiger partial charge in [0, 0.05) is 11.2 Å². The maximum absolute atomic E-state index is 14.0. The quantitative estimate of drug-likeness (QED) is 0.476. The summed E-state index contributed by atoms with van der Waals surface area (Å²) in [4.78, 5) is 16.2. The number of hydrogen-bond acceptors (Lipinski definition) is 2. The van der Waals surface area contributed by atoms with E-state index in [4.69, 9.17) is 4.74 Å². The molecule has 2 aliphatic carbocycles. The summed E-state index contributed by atoms with van der Waals surface area (Å²) >= 11 is 0. The molecule has 178 valence electrons. The Labute approximate surface area is 199 Å². The Balaban J connectivity index is 1.60. The number of carbonyl (C=O) groups excluding carboxylic acids is 1. The minimum atomic E-state index is -0.0562. The second-order valence-corrected chi connectivity index (χ2v) is 10.0. The van der Waals surface area contributed by atoms with Crippen LogP contribution in [0.1, 0.15) is 75.3 Å². The highest BCUT2D eigenvalue weighted by Crippen LogP contribution is 2.46. The van der Waals surface area contributed by atoms with E-state index in [-0.39, 0.29) is 11.6 Å². The van der Waals surface area contributed by atoms with Crippen molar-refractivity contribution in [3.8, 4) is 5.75 Å². The topological polar surface area (TPSA) is 41.6 Å². The van der Waals surface area contributed by atoms with E-state index in [0.717, 1.165) is 35.4 Å². The van der Waals surface area contributed by atoms with Gasteiger partial charge in [0.15, 0.2) is 0 Å². The Bertz CT molecular complexity index is 879. The SMILES string of the molecule is Cc1cccc(C)c1NC(=O)N(CCOc1ccccc1)C1(C2CCCCC2)CCCCC1. The molecule has 0 bridgehead atoms. The standard InChI is InChI=1S/C29H40N2O2/c1-23-13-12-14-24(2)27(23)30-28(32)31(21-22-33-26-17-8-4-9-18-26)29(19-10-5-11-20-29)25-15-6-3-7-16-25/h4,8-9,12-14,17-18,25H,3,5-7,10-11,15-16,19-22H2,1-2H3,(H,30,32). The Morgan fingerprint density at radius 2 is 1.55 bits per heavy atom. The number of amides is 2. The van der Waals surface area contributed by atoms with Crippen LogP contribution in [0, 0.1) is 19.8 Å². The summed E-state index contributed by atoms with van der Waals surface area (Å²) in [5.74, 6) is 1.45. The van der Waals surface area contributed by atoms with Gasteiger partial charge >= 0.3 is 6.03 Å². The van der Waals surface area contributed by atoms with Crippen LogP contribution < -0.4 is 10.1 Å². The molecule has 2 amide bonds. The van der Waals surface area contributed by atoms with E-state index in [1.54, 1.807) is 0 Å². The number of aryl methyl sites for hydroxylation is 2. The summed E-state index contributed by atoms with van der Waals surface area (Å²) < 4.78 is 6.09. The summed E-state index contributed by atoms with van der Waals surface area (Å²) in [6, 6.07) is 16.2. The lowest BCUT2D eigenvalue weighted by Gasteiger charge is -2.52. The van der Waals surface area contributed by atoms with Crippen LogP contribution in [0.15, 0.2) is 48.5 Å². The molecule has 0 spiro atoms. The molecule has 33 heavy (non-hydrogen) atoms. The van der Waals surface area contributed by atoms with E-state index in [1.807, 2.05) is 30.3 Å². The molecule has 1 N–H and O–H groups in total. The molecule has 0 aliphatic heterocycles. The normalized spacial score (nSPS) is 18.5. The van der Waals surface area contributed by atoms with Gasteiger partial charge in [-0.05, 0) is 68.7 Å². The van der Waals surface area contributed by atoms with Crippen molar-refractivity contribution in [1.82, 2.24) is 4.90 Å². The number of para-hydroxylation sites is 2. The molecular weight excluding hydrogens is 408 g/mol. The summed E-state index contributed by atoms with van der Waals surface area (Å²) in [6.45, 7) is 5.27. The minimum absolute atomic E-state index is 0.0385. The van der Waals surface area contributed by atoms with E-state index in [9.17, 15) is 4.79 Å². The number of hydrogen-bond donors (Lipinski definition) is 1. The predicted octanol–water partition coefficient (Wildman–Crippen LogP) is 7.50. The molecular formula is C29H40N2O2. The van der Waals surface area contributed by atoms with Crippen LogP contribution in [-0.4, -0.2) is 29.6 Å². The molecule has 0 atom stereocenters. The Hall–Kier alpha value is -2.49. The highest BCUT2D eigenvalue weighted by molar-refractivity contribution is 5.91. The molecule has 2 fully saturated rings. The molecule has 4 heteroatoms. The van der Waals surface area contributed by atoms with Gasteiger partial charge in [-0.15, -0.1) is 0 Å². The minimum Gasteiger partial charge on any atom is -0.492 e. The number of anilines is 1. The van der Waals surface area contributed by atoms with Crippen LogP contribution in [0.3, 0.4) is 0 Å². The van der Waals surface area contributed by atoms with E-state index < -0.39 is 0 Å². The van der Waals surface area contributed by atoms with Crippen LogP contribution in [0.4, 0.5) is 10.5 Å². The molecule has 2 saturated carbocycles. The average Bonchev–Trinajstić information content (AvgIpc) is 2.86. The molecule has 0 saturated heterocycles. The van der Waals surface area contributed by atoms with E-state index in [1.165, 1.54) is 51.4 Å². The van der Waals surface area contributed by atoms with Gasteiger partial charge in [0.2, 0.25) is 0 Å². The zero-order valence-electron chi connectivity index (χ0n) is 20.4. The number of carbonyl (C=O) groups is 1. The second-order valence-electron chi connectivity index (χ2n) is 10.0. The fraction of sp³-hybridized carbons (Fsp3) is 0.552. The molecule has 4 nitrogen and oxygen atoms in total. The number of nitrogens with one attached hydrogen (secondary N) is 1. The average molecular weight is 449 g/mol. The highest BCUT2D eigenvalue weighted by atomic mass is 16.5. The third-order valence-corrected chi connectivity index (χ3v) is 7.91. The summed E-state index contributed by atoms with van der Waals surface area (Å²) in [5, 5.41) is 3.32. The molecule has 2 aromatic rings. The predicted molar refractivity (Wildman–Crippen MR) is 136 cm³/mol. The first-order valence-corrected chi connectivity index (χ1v) is 12.9. The van der Waals surface area contributed by atoms with Crippen molar-refractivity contribution in [1.29, 1.82) is 0 Å². The Morgan fingerprint density at radius 3 is 2.21 bits per heavy atom. The molecule has 2 aromatic carbocycles. The van der Waals surface area contributed by atoms with Crippen molar-refractivity contribution >= 4 is 11.7 Å². The van der Waals surface area contributed by atoms with Gasteiger partial charge in [-0.2, -0.15) is 0 Å². The third kappa shape index (κ3) is 5.54. The summed E-state index contributed by atoms with van der Waals surface area (Å²) in [6.07, 6.45) is 12.3. The number of urea groups is 1. The lowest BCUT2D eigenvalue weighted by atomic mass is 9.66. The fourth-order valence-corrected chi connectivity index (χ4v) is 6.19. The van der Waals surface area contributed by atoms with Gasteiger partial charge in [0.1, 0.15) is 12.4 Å². The summed E-state index contributed by atoms with van der Waals surface area (Å²) in [5.41, 5.74) is 3.11. The first kappa shape index (κ1) is 23.7. The number of ether oxygens (including phenoxy) is 1. The highest BCUT2D eigenvalue weighted by Gasteiger charge is 2.46. The zero-order chi connectivity index (χ0) is 23.1. The summed E-state index contributed by atoms with van der Waals surface area (Å²) in [7, 11) is 0. The number of nitrogens with zero attached hydrogens (tertiary/aromatic N) is 1. The van der Waals surface area contributed by atoms with Crippen molar-refractivity contribution in [2.75, 3.05) is 18.5 Å². The van der Waals surface area contributed by atoms with Crippen molar-refractivity contribution in [2.24, 2.45) is 5.92 Å². The first-order chi connectivity index (χ1) is 16.1. The molecule has 2 aliphatic rings. The van der Waals surface area contributed by atoms with Crippen LogP contribution in [0.5, 0.6) is 5.75 Å². The van der Waals surface area contributed by atoms with Crippen LogP contribution in [0.25, 0.3) is 0 Å². The number of benzene rings is 2. The van der Waals surface area contributed by atoms with Gasteiger partial charge in [-0.1, -0.05) is 74.9 Å². The van der Waals surface area contributed by atoms with Crippen molar-refractivity contribution in [2.45, 2.75) is 83.6 Å². The second kappa shape index (κ2) is 11.1. The molecule has 4 rings (SSSR count). The lowest BCUT2D eigenvalue weighted by molar-refractivity contribution is 0.00969. The maximum Gasteiger partial charge on any atom is 0.322 e.